The molecule has 0 spiro atoms. The number of aromatic nitrogens is 1. The van der Waals surface area contributed by atoms with Gasteiger partial charge in [0.25, 0.3) is 0 Å². The van der Waals surface area contributed by atoms with Crippen LogP contribution >= 0.6 is 11.3 Å². The lowest BCUT2D eigenvalue weighted by Crippen LogP contribution is -2.32. The van der Waals surface area contributed by atoms with Gasteiger partial charge in [0.15, 0.2) is 5.69 Å². The number of benzene rings is 1. The minimum absolute atomic E-state index is 0.0481. The molecule has 0 N–H and O–H groups in total. The van der Waals surface area contributed by atoms with Crippen LogP contribution in [0.2, 0.25) is 0 Å². The topological polar surface area (TPSA) is 85.8 Å². The number of thiazole rings is 1. The van der Waals surface area contributed by atoms with Gasteiger partial charge in [0.05, 0.1) is 20.3 Å². The van der Waals surface area contributed by atoms with Gasteiger partial charge in [-0.05, 0) is 11.6 Å². The first kappa shape index (κ1) is 20.2. The third-order valence-electron chi connectivity index (χ3n) is 3.39. The molecule has 0 atom stereocenters. The molecule has 0 unspecified atom stereocenters. The molecule has 0 aliphatic rings. The number of carbonyl (C=O) groups excluding carboxylic acids is 1. The molecule has 0 fully saturated rings. The maximum Gasteiger partial charge on any atom is 0.357 e. The van der Waals surface area contributed by atoms with Crippen LogP contribution in [0.1, 0.15) is 21.1 Å². The molecule has 140 valence electrons. The predicted molar refractivity (Wildman–Crippen MR) is 100 cm³/mol. The van der Waals surface area contributed by atoms with Crippen LogP contribution in [0.5, 0.6) is 0 Å². The van der Waals surface area contributed by atoms with Crippen LogP contribution in [0.3, 0.4) is 0 Å². The SMILES string of the molecule is COCCN(Cc1nc(C(=O)OC)cs1)S(=O)(=O)/C=C/c1ccccc1. The van der Waals surface area contributed by atoms with Crippen molar-refractivity contribution in [3.63, 3.8) is 0 Å². The Hall–Kier alpha value is -2.07. The Labute approximate surface area is 156 Å². The van der Waals surface area contributed by atoms with Gasteiger partial charge in [-0.25, -0.2) is 18.2 Å². The maximum absolute atomic E-state index is 12.7. The fourth-order valence-electron chi connectivity index (χ4n) is 2.04. The summed E-state index contributed by atoms with van der Waals surface area (Å²) in [5, 5.41) is 3.20. The minimum Gasteiger partial charge on any atom is -0.464 e. The van der Waals surface area contributed by atoms with Crippen molar-refractivity contribution in [2.75, 3.05) is 27.4 Å². The van der Waals surface area contributed by atoms with Gasteiger partial charge < -0.3 is 9.47 Å². The van der Waals surface area contributed by atoms with E-state index >= 15 is 0 Å². The number of carbonyl (C=O) groups is 1. The Morgan fingerprint density at radius 3 is 2.65 bits per heavy atom. The highest BCUT2D eigenvalue weighted by atomic mass is 32.2. The Balaban J connectivity index is 2.18. The zero-order valence-corrected chi connectivity index (χ0v) is 16.1. The smallest absolute Gasteiger partial charge is 0.357 e. The molecule has 0 saturated carbocycles. The van der Waals surface area contributed by atoms with E-state index < -0.39 is 16.0 Å². The van der Waals surface area contributed by atoms with Crippen molar-refractivity contribution in [2.24, 2.45) is 0 Å². The Kier molecular flexibility index (Phi) is 7.46. The Bertz CT molecular complexity index is 847. The van der Waals surface area contributed by atoms with Crippen molar-refractivity contribution in [3.05, 3.63) is 57.4 Å². The number of hydrogen-bond donors (Lipinski definition) is 0. The van der Waals surface area contributed by atoms with Crippen LogP contribution in [-0.2, 0) is 26.0 Å². The summed E-state index contributed by atoms with van der Waals surface area (Å²) in [6, 6.07) is 9.15. The number of rotatable bonds is 9. The summed E-state index contributed by atoms with van der Waals surface area (Å²) in [6.07, 6.45) is 1.54. The van der Waals surface area contributed by atoms with Crippen LogP contribution < -0.4 is 0 Å². The first-order valence-corrected chi connectivity index (χ1v) is 10.1. The molecule has 26 heavy (non-hydrogen) atoms. The molecule has 0 radical (unpaired) electrons. The third-order valence-corrected chi connectivity index (χ3v) is 5.74. The number of methoxy groups -OCH3 is 2. The zero-order chi connectivity index (χ0) is 19.0. The molecule has 1 heterocycles. The summed E-state index contributed by atoms with van der Waals surface area (Å²) in [6.45, 7) is 0.464. The molecule has 2 rings (SSSR count). The highest BCUT2D eigenvalue weighted by molar-refractivity contribution is 7.92. The van der Waals surface area contributed by atoms with Crippen molar-refractivity contribution in [1.82, 2.24) is 9.29 Å². The summed E-state index contributed by atoms with van der Waals surface area (Å²) in [4.78, 5) is 15.6. The second-order valence-corrected chi connectivity index (χ2v) is 7.96. The normalized spacial score (nSPS) is 12.0. The van der Waals surface area contributed by atoms with Crippen molar-refractivity contribution in [3.8, 4) is 0 Å². The van der Waals surface area contributed by atoms with Crippen molar-refractivity contribution in [1.29, 1.82) is 0 Å². The van der Waals surface area contributed by atoms with Gasteiger partial charge in [0, 0.05) is 24.4 Å². The molecule has 0 aliphatic heterocycles. The Morgan fingerprint density at radius 2 is 2.00 bits per heavy atom. The van der Waals surface area contributed by atoms with Crippen LogP contribution in [0, 0.1) is 0 Å². The third kappa shape index (κ3) is 5.73. The number of ether oxygens (including phenoxy) is 2. The molecule has 1 aromatic carbocycles. The van der Waals surface area contributed by atoms with E-state index in [1.807, 2.05) is 30.3 Å². The highest BCUT2D eigenvalue weighted by Crippen LogP contribution is 2.17. The van der Waals surface area contributed by atoms with Crippen LogP contribution in [0.25, 0.3) is 6.08 Å². The van der Waals surface area contributed by atoms with Crippen LogP contribution in [-0.4, -0.2) is 51.0 Å². The monoisotopic (exact) mass is 396 g/mol. The zero-order valence-electron chi connectivity index (χ0n) is 14.5. The van der Waals surface area contributed by atoms with E-state index in [0.717, 1.165) is 11.0 Å². The largest absolute Gasteiger partial charge is 0.464 e. The van der Waals surface area contributed by atoms with E-state index in [1.165, 1.54) is 35.9 Å². The Morgan fingerprint density at radius 1 is 1.27 bits per heavy atom. The molecule has 0 amide bonds. The van der Waals surface area contributed by atoms with Crippen LogP contribution in [0.15, 0.2) is 41.1 Å². The van der Waals surface area contributed by atoms with E-state index in [9.17, 15) is 13.2 Å². The van der Waals surface area contributed by atoms with Crippen molar-refractivity contribution < 1.29 is 22.7 Å². The summed E-state index contributed by atoms with van der Waals surface area (Å²) in [7, 11) is -0.912. The number of hydrogen-bond acceptors (Lipinski definition) is 7. The van der Waals surface area contributed by atoms with Gasteiger partial charge in [-0.15, -0.1) is 11.3 Å². The minimum atomic E-state index is -3.68. The van der Waals surface area contributed by atoms with E-state index in [2.05, 4.69) is 9.72 Å². The van der Waals surface area contributed by atoms with Gasteiger partial charge in [-0.1, -0.05) is 30.3 Å². The van der Waals surface area contributed by atoms with Crippen LogP contribution in [0.4, 0.5) is 0 Å². The van der Waals surface area contributed by atoms with Gasteiger partial charge >= 0.3 is 5.97 Å². The summed E-state index contributed by atoms with van der Waals surface area (Å²) in [5.74, 6) is -0.553. The van der Waals surface area contributed by atoms with E-state index in [1.54, 1.807) is 5.38 Å². The lowest BCUT2D eigenvalue weighted by Gasteiger charge is -2.18. The fraction of sp³-hybridized carbons (Fsp3) is 0.294. The van der Waals surface area contributed by atoms with Gasteiger partial charge in [-0.2, -0.15) is 4.31 Å². The molecule has 0 aliphatic carbocycles. The second kappa shape index (κ2) is 9.58. The summed E-state index contributed by atoms with van der Waals surface area (Å²) < 4.78 is 36.2. The first-order valence-electron chi connectivity index (χ1n) is 7.71. The lowest BCUT2D eigenvalue weighted by atomic mass is 10.2. The van der Waals surface area contributed by atoms with Gasteiger partial charge in [-0.3, -0.25) is 0 Å². The number of sulfonamides is 1. The number of nitrogens with zero attached hydrogens (tertiary/aromatic N) is 2. The molecule has 0 saturated heterocycles. The molecular formula is C17H20N2O5S2. The van der Waals surface area contributed by atoms with Gasteiger partial charge in [0.2, 0.25) is 10.0 Å². The molecule has 1 aromatic heterocycles. The molecule has 7 nitrogen and oxygen atoms in total. The second-order valence-electron chi connectivity index (χ2n) is 5.20. The quantitative estimate of drug-likeness (QED) is 0.605. The molecular weight excluding hydrogens is 376 g/mol. The molecule has 0 bridgehead atoms. The number of esters is 1. The molecule has 9 heteroatoms. The predicted octanol–water partition coefficient (Wildman–Crippen LogP) is 2.38. The van der Waals surface area contributed by atoms with Gasteiger partial charge in [0.1, 0.15) is 5.01 Å². The maximum atomic E-state index is 12.7. The van der Waals surface area contributed by atoms with E-state index in [-0.39, 0.29) is 25.4 Å². The summed E-state index contributed by atoms with van der Waals surface area (Å²) in [5.41, 5.74) is 0.946. The average Bonchev–Trinajstić information content (AvgIpc) is 3.12. The van der Waals surface area contributed by atoms with Crippen molar-refractivity contribution in [2.45, 2.75) is 6.54 Å². The standard InChI is InChI=1S/C17H20N2O5S2/c1-23-10-9-19(12-16-18-15(13-25-16)17(20)24-2)26(21,22)11-8-14-6-4-3-5-7-14/h3-8,11,13H,9-10,12H2,1-2H3/b11-8+. The summed E-state index contributed by atoms with van der Waals surface area (Å²) >= 11 is 1.20. The van der Waals surface area contributed by atoms with Crippen molar-refractivity contribution >= 4 is 33.4 Å². The van der Waals surface area contributed by atoms with E-state index in [0.29, 0.717) is 5.01 Å². The average molecular weight is 396 g/mol. The molecule has 2 aromatic rings. The van der Waals surface area contributed by atoms with E-state index in [4.69, 9.17) is 4.74 Å². The lowest BCUT2D eigenvalue weighted by molar-refractivity contribution is 0.0594. The highest BCUT2D eigenvalue weighted by Gasteiger charge is 2.21. The fourth-order valence-corrected chi connectivity index (χ4v) is 4.03. The first-order chi connectivity index (χ1) is 12.5.